The van der Waals surface area contributed by atoms with Crippen molar-refractivity contribution in [3.63, 3.8) is 0 Å². The zero-order valence-corrected chi connectivity index (χ0v) is 21.4. The van der Waals surface area contributed by atoms with Gasteiger partial charge in [0.2, 0.25) is 0 Å². The van der Waals surface area contributed by atoms with E-state index >= 15 is 0 Å². The highest BCUT2D eigenvalue weighted by Crippen LogP contribution is 2.41. The van der Waals surface area contributed by atoms with E-state index in [9.17, 15) is 31.1 Å². The molecule has 0 atom stereocenters. The first-order chi connectivity index (χ1) is 18.0. The largest absolute Gasteiger partial charge is 0.490 e. The van der Waals surface area contributed by atoms with Crippen LogP contribution in [0.25, 0.3) is 0 Å². The van der Waals surface area contributed by atoms with Crippen LogP contribution in [0.1, 0.15) is 40.3 Å². The van der Waals surface area contributed by atoms with Gasteiger partial charge in [0.25, 0.3) is 5.91 Å². The van der Waals surface area contributed by atoms with Crippen molar-refractivity contribution >= 4 is 29.2 Å². The number of pyridine rings is 1. The van der Waals surface area contributed by atoms with Crippen LogP contribution < -0.4 is 0 Å². The number of thiazole rings is 1. The van der Waals surface area contributed by atoms with E-state index in [4.69, 9.17) is 19.8 Å². The summed E-state index contributed by atoms with van der Waals surface area (Å²) >= 11 is 1.73. The first-order valence-electron chi connectivity index (χ1n) is 11.5. The minimum atomic E-state index is -5.08. The summed E-state index contributed by atoms with van der Waals surface area (Å²) in [6, 6.07) is 3.69. The standard InChI is InChI=1S/C19H24N4OS.2C2HF3O2/c1-15-21-17(13-25-15)12-22-8-4-19(5-9-22)6-10-23(14-19)18(24)16-3-2-7-20-11-16;2*3-2(4,5)1(6)7/h2-3,7,11,13H,4-6,8-10,12,14H2,1H3;2*(H,6,7). The lowest BCUT2D eigenvalue weighted by Crippen LogP contribution is -2.42. The first kappa shape index (κ1) is 31.9. The number of nitrogens with zero attached hydrogens (tertiary/aromatic N) is 4. The molecular formula is C23H26F6N4O5S. The molecule has 4 rings (SSSR count). The zero-order valence-electron chi connectivity index (χ0n) is 20.6. The summed E-state index contributed by atoms with van der Waals surface area (Å²) in [6.45, 7) is 6.99. The van der Waals surface area contributed by atoms with Crippen molar-refractivity contribution in [3.05, 3.63) is 46.2 Å². The van der Waals surface area contributed by atoms with Crippen molar-refractivity contribution in [1.82, 2.24) is 19.8 Å². The monoisotopic (exact) mass is 584 g/mol. The van der Waals surface area contributed by atoms with E-state index in [-0.39, 0.29) is 5.91 Å². The molecule has 0 unspecified atom stereocenters. The Morgan fingerprint density at radius 1 is 1.00 bits per heavy atom. The maximum Gasteiger partial charge on any atom is 0.490 e. The van der Waals surface area contributed by atoms with E-state index in [0.717, 1.165) is 44.2 Å². The number of amides is 1. The third kappa shape index (κ3) is 10.1. The van der Waals surface area contributed by atoms with Crippen molar-refractivity contribution in [1.29, 1.82) is 0 Å². The Kier molecular flexibility index (Phi) is 10.8. The van der Waals surface area contributed by atoms with E-state index in [1.54, 1.807) is 23.7 Å². The van der Waals surface area contributed by atoms with Crippen molar-refractivity contribution < 1.29 is 50.9 Å². The van der Waals surface area contributed by atoms with Crippen LogP contribution >= 0.6 is 11.3 Å². The number of aromatic nitrogens is 2. The van der Waals surface area contributed by atoms with Crippen molar-refractivity contribution in [2.75, 3.05) is 26.2 Å². The number of hydrogen-bond donors (Lipinski definition) is 2. The summed E-state index contributed by atoms with van der Waals surface area (Å²) in [7, 11) is 0. The summed E-state index contributed by atoms with van der Waals surface area (Å²) < 4.78 is 63.5. The third-order valence-electron chi connectivity index (χ3n) is 6.09. The van der Waals surface area contributed by atoms with E-state index in [0.29, 0.717) is 11.0 Å². The molecule has 2 saturated heterocycles. The average Bonchev–Trinajstić information content (AvgIpc) is 3.46. The molecule has 39 heavy (non-hydrogen) atoms. The average molecular weight is 585 g/mol. The Bertz CT molecular complexity index is 1090. The number of carbonyl (C=O) groups excluding carboxylic acids is 1. The molecule has 2 aliphatic rings. The number of halogens is 6. The molecule has 0 saturated carbocycles. The number of carboxylic acid groups (broad SMARTS) is 2. The lowest BCUT2D eigenvalue weighted by molar-refractivity contribution is -0.193. The van der Waals surface area contributed by atoms with Crippen molar-refractivity contribution in [2.24, 2.45) is 5.41 Å². The van der Waals surface area contributed by atoms with Gasteiger partial charge in [-0.1, -0.05) is 0 Å². The highest BCUT2D eigenvalue weighted by molar-refractivity contribution is 7.09. The molecule has 216 valence electrons. The van der Waals surface area contributed by atoms with Gasteiger partial charge in [-0.15, -0.1) is 11.3 Å². The Morgan fingerprint density at radius 3 is 1.97 bits per heavy atom. The summed E-state index contributed by atoms with van der Waals surface area (Å²) in [5, 5.41) is 17.6. The Hall–Kier alpha value is -3.27. The molecule has 4 heterocycles. The van der Waals surface area contributed by atoms with Gasteiger partial charge in [0.15, 0.2) is 0 Å². The van der Waals surface area contributed by atoms with E-state index in [2.05, 4.69) is 27.2 Å². The molecule has 1 spiro atoms. The smallest absolute Gasteiger partial charge is 0.475 e. The molecule has 2 aromatic rings. The van der Waals surface area contributed by atoms with Gasteiger partial charge in [-0.25, -0.2) is 14.6 Å². The van der Waals surface area contributed by atoms with Gasteiger partial charge in [0.1, 0.15) is 0 Å². The molecular weight excluding hydrogens is 558 g/mol. The second-order valence-corrected chi connectivity index (χ2v) is 10.0. The molecule has 2 aromatic heterocycles. The van der Waals surface area contributed by atoms with Gasteiger partial charge in [0.05, 0.1) is 16.3 Å². The Balaban J connectivity index is 0.000000317. The molecule has 1 amide bonds. The van der Waals surface area contributed by atoms with Gasteiger partial charge >= 0.3 is 24.3 Å². The number of piperidine rings is 1. The van der Waals surface area contributed by atoms with Gasteiger partial charge in [-0.05, 0) is 56.8 Å². The first-order valence-corrected chi connectivity index (χ1v) is 12.3. The predicted octanol–water partition coefficient (Wildman–Crippen LogP) is 4.24. The number of aryl methyl sites for hydroxylation is 1. The molecule has 0 radical (unpaired) electrons. The van der Waals surface area contributed by atoms with Crippen LogP contribution in [0.2, 0.25) is 0 Å². The van der Waals surface area contributed by atoms with E-state index in [1.165, 1.54) is 18.5 Å². The lowest BCUT2D eigenvalue weighted by Gasteiger charge is -2.39. The Labute approximate surface area is 223 Å². The third-order valence-corrected chi connectivity index (χ3v) is 6.91. The van der Waals surface area contributed by atoms with Crippen LogP contribution in [0, 0.1) is 12.3 Å². The van der Waals surface area contributed by atoms with Gasteiger partial charge < -0.3 is 15.1 Å². The number of carboxylic acids is 2. The molecule has 2 aliphatic heterocycles. The minimum absolute atomic E-state index is 0.130. The fourth-order valence-electron chi connectivity index (χ4n) is 4.08. The number of aliphatic carboxylic acids is 2. The molecule has 2 N–H and O–H groups in total. The van der Waals surface area contributed by atoms with Crippen LogP contribution in [0.3, 0.4) is 0 Å². The predicted molar refractivity (Wildman–Crippen MR) is 126 cm³/mol. The normalized spacial score (nSPS) is 17.1. The highest BCUT2D eigenvalue weighted by atomic mass is 32.1. The number of rotatable bonds is 3. The van der Waals surface area contributed by atoms with E-state index in [1.807, 2.05) is 17.0 Å². The Morgan fingerprint density at radius 2 is 1.54 bits per heavy atom. The van der Waals surface area contributed by atoms with Gasteiger partial charge in [-0.3, -0.25) is 14.7 Å². The summed E-state index contributed by atoms with van der Waals surface area (Å²) in [5.74, 6) is -5.38. The number of carbonyl (C=O) groups is 3. The van der Waals surface area contributed by atoms with Gasteiger partial charge in [0, 0.05) is 37.4 Å². The SMILES string of the molecule is Cc1nc(CN2CCC3(CC2)CCN(C(=O)c2cccnc2)C3)cs1.O=C(O)C(F)(F)F.O=C(O)C(F)(F)F. The lowest BCUT2D eigenvalue weighted by atomic mass is 9.78. The molecule has 0 aliphatic carbocycles. The topological polar surface area (TPSA) is 124 Å². The van der Waals surface area contributed by atoms with E-state index < -0.39 is 24.3 Å². The molecule has 2 fully saturated rings. The summed E-state index contributed by atoms with van der Waals surface area (Å²) in [6.07, 6.45) is -3.31. The second kappa shape index (κ2) is 13.2. The highest BCUT2D eigenvalue weighted by Gasteiger charge is 2.42. The van der Waals surface area contributed by atoms with Crippen molar-refractivity contribution in [3.8, 4) is 0 Å². The molecule has 9 nitrogen and oxygen atoms in total. The fourth-order valence-corrected chi connectivity index (χ4v) is 4.69. The number of alkyl halides is 6. The van der Waals surface area contributed by atoms with Gasteiger partial charge in [-0.2, -0.15) is 26.3 Å². The number of likely N-dealkylation sites (tertiary alicyclic amines) is 2. The second-order valence-electron chi connectivity index (χ2n) is 8.96. The van der Waals surface area contributed by atoms with Crippen LogP contribution in [-0.2, 0) is 16.1 Å². The zero-order chi connectivity index (χ0) is 29.4. The summed E-state index contributed by atoms with van der Waals surface area (Å²) in [5.41, 5.74) is 2.21. The maximum absolute atomic E-state index is 12.6. The molecule has 0 bridgehead atoms. The summed E-state index contributed by atoms with van der Waals surface area (Å²) in [4.78, 5) is 43.6. The molecule has 0 aromatic carbocycles. The van der Waals surface area contributed by atoms with Crippen LogP contribution in [-0.4, -0.2) is 86.4 Å². The fraction of sp³-hybridized carbons (Fsp3) is 0.522. The maximum atomic E-state index is 12.6. The molecule has 16 heteroatoms. The quantitative estimate of drug-likeness (QED) is 0.514. The number of hydrogen-bond acceptors (Lipinski definition) is 7. The van der Waals surface area contributed by atoms with Crippen LogP contribution in [0.4, 0.5) is 26.3 Å². The van der Waals surface area contributed by atoms with Crippen molar-refractivity contribution in [2.45, 2.75) is 45.1 Å². The van der Waals surface area contributed by atoms with Crippen LogP contribution in [0.5, 0.6) is 0 Å². The van der Waals surface area contributed by atoms with Crippen LogP contribution in [0.15, 0.2) is 29.9 Å². The minimum Gasteiger partial charge on any atom is -0.475 e.